The lowest BCUT2D eigenvalue weighted by Crippen LogP contribution is -2.00. The fourth-order valence-electron chi connectivity index (χ4n) is 1.95. The van der Waals surface area contributed by atoms with E-state index in [0.29, 0.717) is 12.3 Å². The summed E-state index contributed by atoms with van der Waals surface area (Å²) in [5.41, 5.74) is 9.98. The van der Waals surface area contributed by atoms with Crippen molar-refractivity contribution in [2.45, 2.75) is 31.0 Å². The van der Waals surface area contributed by atoms with Crippen molar-refractivity contribution in [2.75, 3.05) is 0 Å². The summed E-state index contributed by atoms with van der Waals surface area (Å²) >= 11 is 0. The smallest absolute Gasteiger partial charge is 0.0576 e. The van der Waals surface area contributed by atoms with Crippen LogP contribution in [0.2, 0.25) is 0 Å². The van der Waals surface area contributed by atoms with E-state index < -0.39 is 10.8 Å². The molecule has 2 aromatic carbocycles. The molecule has 0 saturated carbocycles. The molecule has 0 saturated heterocycles. The molecule has 1 unspecified atom stereocenters. The van der Waals surface area contributed by atoms with Crippen LogP contribution in [0.15, 0.2) is 47.4 Å². The first-order valence-electron chi connectivity index (χ1n) is 6.33. The molecular formula is C16H19NOS. The zero-order valence-corrected chi connectivity index (χ0v) is 12.2. The molecule has 2 nitrogen and oxygen atoms in total. The highest BCUT2D eigenvalue weighted by atomic mass is 32.2. The van der Waals surface area contributed by atoms with E-state index in [0.717, 1.165) is 27.1 Å². The van der Waals surface area contributed by atoms with Crippen LogP contribution in [0.4, 0.5) is 0 Å². The molecule has 0 fully saturated rings. The molecule has 2 N–H and O–H groups in total. The van der Waals surface area contributed by atoms with E-state index in [1.165, 1.54) is 0 Å². The van der Waals surface area contributed by atoms with Gasteiger partial charge in [0.1, 0.15) is 0 Å². The SMILES string of the molecule is Cc1ccc(C)c(S(=O)Cc2ccc(CN)cc2)c1. The third-order valence-corrected chi connectivity index (χ3v) is 4.67. The number of hydrogen-bond donors (Lipinski definition) is 1. The Labute approximate surface area is 117 Å². The maximum atomic E-state index is 12.4. The summed E-state index contributed by atoms with van der Waals surface area (Å²) in [5, 5.41) is 0. The molecule has 2 rings (SSSR count). The van der Waals surface area contributed by atoms with Gasteiger partial charge in [0.2, 0.25) is 0 Å². The third-order valence-electron chi connectivity index (χ3n) is 3.15. The summed E-state index contributed by atoms with van der Waals surface area (Å²) < 4.78 is 12.4. The minimum Gasteiger partial charge on any atom is -0.326 e. The number of benzene rings is 2. The molecule has 0 aliphatic rings. The number of hydrogen-bond acceptors (Lipinski definition) is 2. The minimum absolute atomic E-state index is 0.542. The Hall–Kier alpha value is -1.45. The Morgan fingerprint density at radius 3 is 2.26 bits per heavy atom. The number of rotatable bonds is 4. The lowest BCUT2D eigenvalue weighted by molar-refractivity contribution is 0.682. The van der Waals surface area contributed by atoms with Crippen molar-refractivity contribution in [3.8, 4) is 0 Å². The molecule has 100 valence electrons. The highest BCUT2D eigenvalue weighted by Gasteiger charge is 2.08. The number of aryl methyl sites for hydroxylation is 2. The van der Waals surface area contributed by atoms with Crippen molar-refractivity contribution in [3.05, 3.63) is 64.7 Å². The fourth-order valence-corrected chi connectivity index (χ4v) is 3.35. The van der Waals surface area contributed by atoms with Gasteiger partial charge in [0.25, 0.3) is 0 Å². The molecule has 1 atom stereocenters. The van der Waals surface area contributed by atoms with Crippen LogP contribution in [0.25, 0.3) is 0 Å². The van der Waals surface area contributed by atoms with Crippen molar-refractivity contribution in [1.29, 1.82) is 0 Å². The van der Waals surface area contributed by atoms with E-state index in [4.69, 9.17) is 5.73 Å². The predicted molar refractivity (Wildman–Crippen MR) is 80.4 cm³/mol. The van der Waals surface area contributed by atoms with Gasteiger partial charge < -0.3 is 5.73 Å². The second-order valence-corrected chi connectivity index (χ2v) is 6.20. The first-order valence-corrected chi connectivity index (χ1v) is 7.65. The Morgan fingerprint density at radius 1 is 1.00 bits per heavy atom. The zero-order chi connectivity index (χ0) is 13.8. The van der Waals surface area contributed by atoms with Crippen LogP contribution in [0.5, 0.6) is 0 Å². The average molecular weight is 273 g/mol. The molecular weight excluding hydrogens is 254 g/mol. The molecule has 0 aliphatic carbocycles. The second-order valence-electron chi connectivity index (χ2n) is 4.78. The van der Waals surface area contributed by atoms with Crippen LogP contribution in [0.1, 0.15) is 22.3 Å². The standard InChI is InChI=1S/C16H19NOS/c1-12-3-4-13(2)16(9-12)19(18)11-15-7-5-14(10-17)6-8-15/h3-9H,10-11,17H2,1-2H3. The van der Waals surface area contributed by atoms with Gasteiger partial charge in [0, 0.05) is 11.4 Å². The van der Waals surface area contributed by atoms with Crippen LogP contribution in [-0.4, -0.2) is 4.21 Å². The van der Waals surface area contributed by atoms with Crippen molar-refractivity contribution >= 4 is 10.8 Å². The summed E-state index contributed by atoms with van der Waals surface area (Å²) in [5.74, 6) is 0.551. The molecule has 0 spiro atoms. The third kappa shape index (κ3) is 3.52. The van der Waals surface area contributed by atoms with E-state index in [9.17, 15) is 4.21 Å². The van der Waals surface area contributed by atoms with Crippen molar-refractivity contribution < 1.29 is 4.21 Å². The molecule has 0 bridgehead atoms. The van der Waals surface area contributed by atoms with E-state index in [1.807, 2.05) is 56.3 Å². The molecule has 0 aromatic heterocycles. The van der Waals surface area contributed by atoms with Crippen LogP contribution in [0, 0.1) is 13.8 Å². The Bertz CT molecular complexity index is 590. The topological polar surface area (TPSA) is 43.1 Å². The second kappa shape index (κ2) is 6.13. The minimum atomic E-state index is -0.996. The first kappa shape index (κ1) is 14.0. The molecule has 19 heavy (non-hydrogen) atoms. The van der Waals surface area contributed by atoms with Crippen molar-refractivity contribution in [1.82, 2.24) is 0 Å². The molecule has 3 heteroatoms. The quantitative estimate of drug-likeness (QED) is 0.930. The summed E-state index contributed by atoms with van der Waals surface area (Å²) in [6.07, 6.45) is 0. The fraction of sp³-hybridized carbons (Fsp3) is 0.250. The van der Waals surface area contributed by atoms with E-state index in [2.05, 4.69) is 0 Å². The van der Waals surface area contributed by atoms with Gasteiger partial charge in [-0.15, -0.1) is 0 Å². The summed E-state index contributed by atoms with van der Waals surface area (Å²) in [6.45, 7) is 4.57. The molecule has 0 heterocycles. The largest absolute Gasteiger partial charge is 0.326 e. The lowest BCUT2D eigenvalue weighted by atomic mass is 10.1. The molecule has 0 aliphatic heterocycles. The number of nitrogens with two attached hydrogens (primary N) is 1. The van der Waals surface area contributed by atoms with Gasteiger partial charge in [-0.2, -0.15) is 0 Å². The van der Waals surface area contributed by atoms with Crippen LogP contribution < -0.4 is 5.73 Å². The van der Waals surface area contributed by atoms with E-state index >= 15 is 0 Å². The highest BCUT2D eigenvalue weighted by Crippen LogP contribution is 2.18. The molecule has 2 aromatic rings. The first-order chi connectivity index (χ1) is 9.10. The van der Waals surface area contributed by atoms with Crippen LogP contribution in [0.3, 0.4) is 0 Å². The van der Waals surface area contributed by atoms with Crippen molar-refractivity contribution in [2.24, 2.45) is 5.73 Å². The van der Waals surface area contributed by atoms with Gasteiger partial charge in [-0.25, -0.2) is 0 Å². The Kier molecular flexibility index (Phi) is 4.51. The predicted octanol–water partition coefficient (Wildman–Crippen LogP) is 3.07. The average Bonchev–Trinajstić information content (AvgIpc) is 2.42. The van der Waals surface area contributed by atoms with Gasteiger partial charge >= 0.3 is 0 Å². The summed E-state index contributed by atoms with van der Waals surface area (Å²) in [6, 6.07) is 14.1. The Balaban J connectivity index is 2.18. The van der Waals surface area contributed by atoms with Crippen LogP contribution >= 0.6 is 0 Å². The highest BCUT2D eigenvalue weighted by molar-refractivity contribution is 7.84. The maximum absolute atomic E-state index is 12.4. The van der Waals surface area contributed by atoms with Crippen molar-refractivity contribution in [3.63, 3.8) is 0 Å². The van der Waals surface area contributed by atoms with Gasteiger partial charge in [-0.3, -0.25) is 4.21 Å². The zero-order valence-electron chi connectivity index (χ0n) is 11.3. The monoisotopic (exact) mass is 273 g/mol. The van der Waals surface area contributed by atoms with Gasteiger partial charge in [-0.1, -0.05) is 36.4 Å². The Morgan fingerprint density at radius 2 is 1.63 bits per heavy atom. The van der Waals surface area contributed by atoms with E-state index in [1.54, 1.807) is 0 Å². The molecule has 0 amide bonds. The maximum Gasteiger partial charge on any atom is 0.0576 e. The normalized spacial score (nSPS) is 12.4. The van der Waals surface area contributed by atoms with E-state index in [-0.39, 0.29) is 0 Å². The molecule has 0 radical (unpaired) electrons. The summed E-state index contributed by atoms with van der Waals surface area (Å²) in [4.78, 5) is 0.933. The lowest BCUT2D eigenvalue weighted by Gasteiger charge is -2.08. The van der Waals surface area contributed by atoms with Gasteiger partial charge in [0.15, 0.2) is 0 Å². The van der Waals surface area contributed by atoms with Crippen LogP contribution in [-0.2, 0) is 23.1 Å². The summed E-state index contributed by atoms with van der Waals surface area (Å²) in [7, 11) is -0.996. The van der Waals surface area contributed by atoms with Gasteiger partial charge in [-0.05, 0) is 42.2 Å². The van der Waals surface area contributed by atoms with Gasteiger partial charge in [0.05, 0.1) is 16.6 Å².